The van der Waals surface area contributed by atoms with Crippen LogP contribution in [0.25, 0.3) is 0 Å². The van der Waals surface area contributed by atoms with E-state index in [0.29, 0.717) is 29.9 Å². The highest BCUT2D eigenvalue weighted by Crippen LogP contribution is 2.65. The lowest BCUT2D eigenvalue weighted by Gasteiger charge is -2.63. The third-order valence-corrected chi connectivity index (χ3v) is 8.05. The molecule has 2 bridgehead atoms. The highest BCUT2D eigenvalue weighted by atomic mass is 16.6. The lowest BCUT2D eigenvalue weighted by Crippen LogP contribution is -2.76. The Balaban J connectivity index is 1.52. The van der Waals surface area contributed by atoms with Gasteiger partial charge >= 0.3 is 5.97 Å². The van der Waals surface area contributed by atoms with Crippen LogP contribution in [-0.4, -0.2) is 55.1 Å². The van der Waals surface area contributed by atoms with Gasteiger partial charge in [-0.2, -0.15) is 0 Å². The number of hydrogen-bond acceptors (Lipinski definition) is 6. The van der Waals surface area contributed by atoms with E-state index in [2.05, 4.69) is 11.9 Å². The van der Waals surface area contributed by atoms with E-state index in [-0.39, 0.29) is 11.8 Å². The topological polar surface area (TPSA) is 65.1 Å². The molecule has 2 aromatic carbocycles. The molecule has 6 nitrogen and oxygen atoms in total. The fourth-order valence-electron chi connectivity index (χ4n) is 6.73. The minimum Gasteiger partial charge on any atom is -0.477 e. The molecule has 6 rings (SSSR count). The average molecular weight is 419 g/mol. The maximum Gasteiger partial charge on any atom is 0.343 e. The maximum absolute atomic E-state index is 13.1. The van der Waals surface area contributed by atoms with Gasteiger partial charge in [-0.05, 0) is 56.6 Å². The summed E-state index contributed by atoms with van der Waals surface area (Å²) in [6.07, 6.45) is 2.13. The summed E-state index contributed by atoms with van der Waals surface area (Å²) in [6.45, 7) is 0.871. The molecule has 4 atom stereocenters. The summed E-state index contributed by atoms with van der Waals surface area (Å²) in [5.41, 5.74) is 1.64. The minimum absolute atomic E-state index is 0.111. The van der Waals surface area contributed by atoms with Crippen molar-refractivity contribution in [1.29, 1.82) is 0 Å². The van der Waals surface area contributed by atoms with Crippen LogP contribution in [-0.2, 0) is 21.4 Å². The van der Waals surface area contributed by atoms with Crippen molar-refractivity contribution in [2.24, 2.45) is 0 Å². The zero-order valence-corrected chi connectivity index (χ0v) is 17.7. The molecule has 1 saturated heterocycles. The van der Waals surface area contributed by atoms with Gasteiger partial charge in [-0.3, -0.25) is 4.79 Å². The summed E-state index contributed by atoms with van der Waals surface area (Å²) < 4.78 is 18.5. The Bertz CT molecular complexity index is 1100. The van der Waals surface area contributed by atoms with E-state index in [1.54, 1.807) is 31.4 Å². The summed E-state index contributed by atoms with van der Waals surface area (Å²) in [5.74, 6) is 0.604. The van der Waals surface area contributed by atoms with Crippen molar-refractivity contribution in [3.05, 3.63) is 59.2 Å². The molecule has 4 aliphatic rings. The number of nitrogens with zero attached hydrogens (tertiary/aromatic N) is 1. The lowest BCUT2D eigenvalue weighted by molar-refractivity contribution is -0.198. The Morgan fingerprint density at radius 2 is 1.97 bits per heavy atom. The molecule has 1 spiro atoms. The molecule has 2 aliphatic heterocycles. The first-order valence-electron chi connectivity index (χ1n) is 10.9. The molecule has 1 saturated carbocycles. The van der Waals surface area contributed by atoms with E-state index in [0.717, 1.165) is 30.5 Å². The number of rotatable bonds is 3. The quantitative estimate of drug-likeness (QED) is 0.563. The van der Waals surface area contributed by atoms with E-state index >= 15 is 0 Å². The second-order valence-corrected chi connectivity index (χ2v) is 9.16. The molecule has 0 radical (unpaired) electrons. The fourth-order valence-corrected chi connectivity index (χ4v) is 6.73. The first-order chi connectivity index (χ1) is 15.0. The smallest absolute Gasteiger partial charge is 0.343 e. The minimum atomic E-state index is -0.594. The Morgan fingerprint density at radius 3 is 2.74 bits per heavy atom. The standard InChI is InChI=1S/C25H25NO5/c1-26-13-12-24-20-16-8-9-18(30-23(28)15-6-4-3-5-7-15)21(20)31-22(24)17(27)10-11-25(24,29-2)19(26)14-16/h3-9,19,22H,10-14H2,1-2H3/t19-,22+,24+,25-/m1/s1. The van der Waals surface area contributed by atoms with E-state index in [4.69, 9.17) is 14.2 Å². The lowest BCUT2D eigenvalue weighted by atomic mass is 9.49. The van der Waals surface area contributed by atoms with Crippen LogP contribution >= 0.6 is 0 Å². The van der Waals surface area contributed by atoms with Crippen LogP contribution in [0.3, 0.4) is 0 Å². The molecule has 6 heteroatoms. The van der Waals surface area contributed by atoms with E-state index in [9.17, 15) is 9.59 Å². The van der Waals surface area contributed by atoms with Crippen molar-refractivity contribution in [1.82, 2.24) is 4.90 Å². The van der Waals surface area contributed by atoms with Gasteiger partial charge < -0.3 is 19.1 Å². The molecular formula is C25H25NO5. The Morgan fingerprint density at radius 1 is 1.16 bits per heavy atom. The van der Waals surface area contributed by atoms with Gasteiger partial charge in [0.25, 0.3) is 0 Å². The summed E-state index contributed by atoms with van der Waals surface area (Å²) in [4.78, 5) is 28.2. The van der Waals surface area contributed by atoms with Crippen molar-refractivity contribution >= 4 is 11.8 Å². The number of likely N-dealkylation sites (tertiary alicyclic amines) is 1. The van der Waals surface area contributed by atoms with Crippen LogP contribution in [0.1, 0.15) is 40.7 Å². The largest absolute Gasteiger partial charge is 0.477 e. The maximum atomic E-state index is 13.1. The van der Waals surface area contributed by atoms with Crippen molar-refractivity contribution in [3.8, 4) is 11.5 Å². The fraction of sp³-hybridized carbons (Fsp3) is 0.440. The van der Waals surface area contributed by atoms with Crippen LogP contribution < -0.4 is 9.47 Å². The van der Waals surface area contributed by atoms with Gasteiger partial charge in [-0.25, -0.2) is 4.79 Å². The summed E-state index contributed by atoms with van der Waals surface area (Å²) in [6, 6.07) is 12.9. The molecule has 0 N–H and O–H groups in total. The number of piperidine rings is 1. The molecule has 2 aliphatic carbocycles. The summed E-state index contributed by atoms with van der Waals surface area (Å²) in [7, 11) is 3.91. The molecule has 31 heavy (non-hydrogen) atoms. The number of esters is 1. The Kier molecular flexibility index (Phi) is 3.93. The molecular weight excluding hydrogens is 394 g/mol. The normalized spacial score (nSPS) is 32.9. The van der Waals surface area contributed by atoms with Crippen LogP contribution in [0.5, 0.6) is 11.5 Å². The van der Waals surface area contributed by atoms with E-state index in [1.807, 2.05) is 18.2 Å². The molecule has 2 fully saturated rings. The molecule has 0 unspecified atom stereocenters. The number of ketones is 1. The van der Waals surface area contributed by atoms with Crippen LogP contribution in [0, 0.1) is 0 Å². The number of carbonyl (C=O) groups is 2. The molecule has 2 heterocycles. The molecule has 160 valence electrons. The zero-order valence-electron chi connectivity index (χ0n) is 17.7. The van der Waals surface area contributed by atoms with Gasteiger partial charge in [-0.15, -0.1) is 0 Å². The summed E-state index contributed by atoms with van der Waals surface area (Å²) >= 11 is 0. The number of ether oxygens (including phenoxy) is 3. The average Bonchev–Trinajstić information content (AvgIpc) is 3.15. The van der Waals surface area contributed by atoms with Gasteiger partial charge in [0.1, 0.15) is 0 Å². The second-order valence-electron chi connectivity index (χ2n) is 9.16. The van der Waals surface area contributed by atoms with E-state index in [1.165, 1.54) is 0 Å². The Labute approximate surface area is 181 Å². The number of carbonyl (C=O) groups excluding carboxylic acids is 2. The number of Topliss-reactive ketones (excluding diaryl/α,β-unsaturated/α-hetero) is 1. The predicted octanol–water partition coefficient (Wildman–Crippen LogP) is 2.91. The number of likely N-dealkylation sites (N-methyl/N-ethyl adjacent to an activating group) is 1. The van der Waals surface area contributed by atoms with Gasteiger partial charge in [0.15, 0.2) is 23.4 Å². The number of methoxy groups -OCH3 is 1. The SMILES string of the molecule is CO[C@@]12CCC(=O)[C@@H]3Oc4c(OC(=O)c5ccccc5)ccc5c4[C@@]31CCN(C)[C@@H]2C5. The van der Waals surface area contributed by atoms with Gasteiger partial charge in [0, 0.05) is 25.1 Å². The third-order valence-electron chi connectivity index (χ3n) is 8.05. The number of hydrogen-bond donors (Lipinski definition) is 0. The monoisotopic (exact) mass is 419 g/mol. The third kappa shape index (κ3) is 2.24. The first kappa shape index (κ1) is 19.0. The van der Waals surface area contributed by atoms with Gasteiger partial charge in [-0.1, -0.05) is 24.3 Å². The molecule has 2 aromatic rings. The van der Waals surface area contributed by atoms with Crippen molar-refractivity contribution in [2.75, 3.05) is 20.7 Å². The second kappa shape index (κ2) is 6.40. The predicted molar refractivity (Wildman–Crippen MR) is 113 cm³/mol. The molecule has 0 amide bonds. The van der Waals surface area contributed by atoms with Crippen molar-refractivity contribution < 1.29 is 23.8 Å². The number of benzene rings is 2. The molecule has 0 aromatic heterocycles. The van der Waals surface area contributed by atoms with Crippen LogP contribution in [0.15, 0.2) is 42.5 Å². The van der Waals surface area contributed by atoms with Crippen molar-refractivity contribution in [3.63, 3.8) is 0 Å². The van der Waals surface area contributed by atoms with E-state index < -0.39 is 23.1 Å². The van der Waals surface area contributed by atoms with Gasteiger partial charge in [0.05, 0.1) is 16.6 Å². The zero-order chi connectivity index (χ0) is 21.4. The van der Waals surface area contributed by atoms with Crippen molar-refractivity contribution in [2.45, 2.75) is 48.8 Å². The van der Waals surface area contributed by atoms with Crippen LogP contribution in [0.2, 0.25) is 0 Å². The Hall–Kier alpha value is -2.70. The first-order valence-corrected chi connectivity index (χ1v) is 10.9. The highest BCUT2D eigenvalue weighted by Gasteiger charge is 2.73. The summed E-state index contributed by atoms with van der Waals surface area (Å²) in [5, 5.41) is 0. The highest BCUT2D eigenvalue weighted by molar-refractivity contribution is 5.93. The van der Waals surface area contributed by atoms with Crippen LogP contribution in [0.4, 0.5) is 0 Å². The van der Waals surface area contributed by atoms with Gasteiger partial charge in [0.2, 0.25) is 0 Å².